The Morgan fingerprint density at radius 3 is 2.89 bits per heavy atom. The van der Waals surface area contributed by atoms with E-state index in [9.17, 15) is 4.79 Å². The number of benzene rings is 1. The molecule has 0 aromatic heterocycles. The summed E-state index contributed by atoms with van der Waals surface area (Å²) >= 11 is 0. The van der Waals surface area contributed by atoms with Gasteiger partial charge in [0.15, 0.2) is 6.61 Å². The first-order valence-corrected chi connectivity index (χ1v) is 6.28. The van der Waals surface area contributed by atoms with Crippen molar-refractivity contribution in [2.45, 2.75) is 26.9 Å². The van der Waals surface area contributed by atoms with Crippen LogP contribution < -0.4 is 9.64 Å². The predicted octanol–water partition coefficient (Wildman–Crippen LogP) is 1.95. The molecule has 1 N–H and O–H groups in total. The van der Waals surface area contributed by atoms with Crippen LogP contribution in [-0.2, 0) is 11.4 Å². The summed E-state index contributed by atoms with van der Waals surface area (Å²) in [6.45, 7) is 5.04. The molecule has 2 rings (SSSR count). The zero-order valence-electron chi connectivity index (χ0n) is 10.8. The molecule has 0 spiro atoms. The molecule has 0 bridgehead atoms. The standard InChI is InChI=1S/C14H19NO3/c1-10(2)5-6-15-12-7-11(8-16)3-4-13(12)18-9-14(15)17/h3-4,7,10,16H,5-6,8-9H2,1-2H3. The van der Waals surface area contributed by atoms with Crippen molar-refractivity contribution in [3.63, 3.8) is 0 Å². The Bertz CT molecular complexity index is 443. The van der Waals surface area contributed by atoms with Crippen LogP contribution in [0.5, 0.6) is 5.75 Å². The van der Waals surface area contributed by atoms with E-state index in [1.807, 2.05) is 18.2 Å². The van der Waals surface area contributed by atoms with E-state index in [0.717, 1.165) is 23.4 Å². The van der Waals surface area contributed by atoms with E-state index in [2.05, 4.69) is 13.8 Å². The van der Waals surface area contributed by atoms with Gasteiger partial charge in [0, 0.05) is 6.54 Å². The lowest BCUT2D eigenvalue weighted by molar-refractivity contribution is -0.121. The number of anilines is 1. The van der Waals surface area contributed by atoms with E-state index in [-0.39, 0.29) is 19.1 Å². The second-order valence-electron chi connectivity index (χ2n) is 4.98. The van der Waals surface area contributed by atoms with Gasteiger partial charge in [0.2, 0.25) is 0 Å². The normalized spacial score (nSPS) is 14.7. The van der Waals surface area contributed by atoms with Gasteiger partial charge in [0.25, 0.3) is 5.91 Å². The molecular weight excluding hydrogens is 230 g/mol. The van der Waals surface area contributed by atoms with E-state index in [0.29, 0.717) is 12.5 Å². The minimum Gasteiger partial charge on any atom is -0.482 e. The van der Waals surface area contributed by atoms with Gasteiger partial charge < -0.3 is 14.7 Å². The Morgan fingerprint density at radius 1 is 1.44 bits per heavy atom. The SMILES string of the molecule is CC(C)CCN1C(=O)COc2ccc(CO)cc21. The van der Waals surface area contributed by atoms with Gasteiger partial charge in [-0.05, 0) is 30.0 Å². The molecule has 0 fully saturated rings. The Labute approximate surface area is 107 Å². The van der Waals surface area contributed by atoms with Crippen LogP contribution in [0.25, 0.3) is 0 Å². The van der Waals surface area contributed by atoms with Crippen LogP contribution >= 0.6 is 0 Å². The Kier molecular flexibility index (Phi) is 3.87. The minimum atomic E-state index is -0.0283. The highest BCUT2D eigenvalue weighted by molar-refractivity contribution is 5.97. The third-order valence-electron chi connectivity index (χ3n) is 3.08. The third kappa shape index (κ3) is 2.64. The maximum absolute atomic E-state index is 11.9. The largest absolute Gasteiger partial charge is 0.482 e. The fourth-order valence-corrected chi connectivity index (χ4v) is 1.98. The summed E-state index contributed by atoms with van der Waals surface area (Å²) in [5, 5.41) is 9.17. The number of carbonyl (C=O) groups is 1. The van der Waals surface area contributed by atoms with Crippen molar-refractivity contribution in [3.8, 4) is 5.75 Å². The summed E-state index contributed by atoms with van der Waals surface area (Å²) < 4.78 is 5.40. The van der Waals surface area contributed by atoms with Crippen LogP contribution in [0.3, 0.4) is 0 Å². The van der Waals surface area contributed by atoms with Crippen LogP contribution in [0.4, 0.5) is 5.69 Å². The summed E-state index contributed by atoms with van der Waals surface area (Å²) in [4.78, 5) is 13.7. The van der Waals surface area contributed by atoms with Crippen molar-refractivity contribution in [1.82, 2.24) is 0 Å². The lowest BCUT2D eigenvalue weighted by Crippen LogP contribution is -2.39. The Balaban J connectivity index is 2.27. The van der Waals surface area contributed by atoms with Crippen LogP contribution in [0.2, 0.25) is 0 Å². The molecule has 18 heavy (non-hydrogen) atoms. The lowest BCUT2D eigenvalue weighted by atomic mass is 10.1. The molecule has 1 aliphatic heterocycles. The first-order chi connectivity index (χ1) is 8.61. The van der Waals surface area contributed by atoms with Crippen LogP contribution in [0.1, 0.15) is 25.8 Å². The predicted molar refractivity (Wildman–Crippen MR) is 69.7 cm³/mol. The molecule has 1 aromatic rings. The van der Waals surface area contributed by atoms with Crippen LogP contribution in [0.15, 0.2) is 18.2 Å². The number of nitrogens with zero attached hydrogens (tertiary/aromatic N) is 1. The summed E-state index contributed by atoms with van der Waals surface area (Å²) in [5.74, 6) is 1.25. The number of fused-ring (bicyclic) bond motifs is 1. The second kappa shape index (κ2) is 5.40. The van der Waals surface area contributed by atoms with Crippen molar-refractivity contribution in [3.05, 3.63) is 23.8 Å². The summed E-state index contributed by atoms with van der Waals surface area (Å²) in [7, 11) is 0. The van der Waals surface area contributed by atoms with Gasteiger partial charge in [-0.3, -0.25) is 4.79 Å². The summed E-state index contributed by atoms with van der Waals surface area (Å²) in [6, 6.07) is 5.46. The number of hydrogen-bond donors (Lipinski definition) is 1. The van der Waals surface area contributed by atoms with Crippen LogP contribution in [0, 0.1) is 5.92 Å². The topological polar surface area (TPSA) is 49.8 Å². The van der Waals surface area contributed by atoms with Crippen LogP contribution in [-0.4, -0.2) is 24.2 Å². The number of hydrogen-bond acceptors (Lipinski definition) is 3. The van der Waals surface area contributed by atoms with Gasteiger partial charge in [0.05, 0.1) is 12.3 Å². The number of carbonyl (C=O) groups excluding carboxylic acids is 1. The van der Waals surface area contributed by atoms with Crippen molar-refractivity contribution in [2.75, 3.05) is 18.1 Å². The average molecular weight is 249 g/mol. The zero-order valence-corrected chi connectivity index (χ0v) is 10.8. The number of aliphatic hydroxyl groups is 1. The molecular formula is C14H19NO3. The molecule has 0 aliphatic carbocycles. The molecule has 4 heteroatoms. The van der Waals surface area contributed by atoms with E-state index < -0.39 is 0 Å². The molecule has 0 unspecified atom stereocenters. The van der Waals surface area contributed by atoms with E-state index in [4.69, 9.17) is 9.84 Å². The highest BCUT2D eigenvalue weighted by atomic mass is 16.5. The van der Waals surface area contributed by atoms with Gasteiger partial charge in [-0.15, -0.1) is 0 Å². The molecule has 1 aliphatic rings. The van der Waals surface area contributed by atoms with Crippen molar-refractivity contribution < 1.29 is 14.6 Å². The zero-order chi connectivity index (χ0) is 13.1. The molecule has 1 heterocycles. The third-order valence-corrected chi connectivity index (χ3v) is 3.08. The highest BCUT2D eigenvalue weighted by Gasteiger charge is 2.25. The second-order valence-corrected chi connectivity index (χ2v) is 4.98. The quantitative estimate of drug-likeness (QED) is 0.887. The molecule has 98 valence electrons. The molecule has 0 saturated carbocycles. The first-order valence-electron chi connectivity index (χ1n) is 6.28. The highest BCUT2D eigenvalue weighted by Crippen LogP contribution is 2.33. The number of ether oxygens (including phenoxy) is 1. The molecule has 4 nitrogen and oxygen atoms in total. The number of rotatable bonds is 4. The molecule has 0 radical (unpaired) electrons. The van der Waals surface area contributed by atoms with E-state index >= 15 is 0 Å². The number of aliphatic hydroxyl groups excluding tert-OH is 1. The fourth-order valence-electron chi connectivity index (χ4n) is 1.98. The van der Waals surface area contributed by atoms with Gasteiger partial charge in [-0.1, -0.05) is 19.9 Å². The summed E-state index contributed by atoms with van der Waals surface area (Å²) in [6.07, 6.45) is 0.953. The summed E-state index contributed by atoms with van der Waals surface area (Å²) in [5.41, 5.74) is 1.57. The van der Waals surface area contributed by atoms with E-state index in [1.54, 1.807) is 4.90 Å². The van der Waals surface area contributed by atoms with E-state index in [1.165, 1.54) is 0 Å². The van der Waals surface area contributed by atoms with Crippen molar-refractivity contribution in [2.24, 2.45) is 5.92 Å². The molecule has 1 aromatic carbocycles. The van der Waals surface area contributed by atoms with Crippen molar-refractivity contribution in [1.29, 1.82) is 0 Å². The first kappa shape index (κ1) is 12.9. The van der Waals surface area contributed by atoms with Gasteiger partial charge >= 0.3 is 0 Å². The van der Waals surface area contributed by atoms with Crippen molar-refractivity contribution >= 4 is 11.6 Å². The smallest absolute Gasteiger partial charge is 0.265 e. The monoisotopic (exact) mass is 249 g/mol. The molecule has 0 atom stereocenters. The lowest BCUT2D eigenvalue weighted by Gasteiger charge is -2.30. The maximum atomic E-state index is 11.9. The average Bonchev–Trinajstić information content (AvgIpc) is 2.36. The Morgan fingerprint density at radius 2 is 2.22 bits per heavy atom. The van der Waals surface area contributed by atoms with Gasteiger partial charge in [0.1, 0.15) is 5.75 Å². The minimum absolute atomic E-state index is 0.0155. The number of amides is 1. The molecule has 0 saturated heterocycles. The van der Waals surface area contributed by atoms with Gasteiger partial charge in [-0.2, -0.15) is 0 Å². The van der Waals surface area contributed by atoms with Gasteiger partial charge in [-0.25, -0.2) is 0 Å². The molecule has 1 amide bonds. The maximum Gasteiger partial charge on any atom is 0.265 e. The fraction of sp³-hybridized carbons (Fsp3) is 0.500. The Hall–Kier alpha value is -1.55.